The molecule has 0 aromatic heterocycles. The quantitative estimate of drug-likeness (QED) is 0.920. The second kappa shape index (κ2) is 5.86. The van der Waals surface area contributed by atoms with Crippen molar-refractivity contribution in [2.75, 3.05) is 13.1 Å². The fourth-order valence-corrected chi connectivity index (χ4v) is 3.25. The van der Waals surface area contributed by atoms with Gasteiger partial charge in [0.2, 0.25) is 0 Å². The van der Waals surface area contributed by atoms with E-state index in [1.165, 1.54) is 0 Å². The first-order valence-electron chi connectivity index (χ1n) is 7.73. The lowest BCUT2D eigenvalue weighted by Crippen LogP contribution is -2.49. The van der Waals surface area contributed by atoms with Gasteiger partial charge in [-0.25, -0.2) is 0 Å². The van der Waals surface area contributed by atoms with Crippen LogP contribution in [0.2, 0.25) is 0 Å². The van der Waals surface area contributed by atoms with Crippen molar-refractivity contribution in [2.45, 2.75) is 25.8 Å². The first kappa shape index (κ1) is 14.1. The number of nitrogens with zero attached hydrogens (tertiary/aromatic N) is 1. The van der Waals surface area contributed by atoms with E-state index in [-0.39, 0.29) is 11.9 Å². The van der Waals surface area contributed by atoms with Crippen LogP contribution >= 0.6 is 0 Å². The number of hydrogen-bond acceptors (Lipinski definition) is 2. The molecule has 110 valence electrons. The van der Waals surface area contributed by atoms with Gasteiger partial charge in [0.15, 0.2) is 0 Å². The van der Waals surface area contributed by atoms with Gasteiger partial charge in [-0.15, -0.1) is 0 Å². The molecular weight excluding hydrogens is 260 g/mol. The van der Waals surface area contributed by atoms with Crippen LogP contribution < -0.4 is 5.73 Å². The van der Waals surface area contributed by atoms with Crippen molar-refractivity contribution >= 4 is 16.7 Å². The maximum atomic E-state index is 12.9. The highest BCUT2D eigenvalue weighted by atomic mass is 16.2. The van der Waals surface area contributed by atoms with E-state index in [0.29, 0.717) is 5.92 Å². The van der Waals surface area contributed by atoms with Gasteiger partial charge in [-0.1, -0.05) is 49.7 Å². The van der Waals surface area contributed by atoms with Crippen LogP contribution in [0.1, 0.15) is 30.1 Å². The Balaban J connectivity index is 1.90. The summed E-state index contributed by atoms with van der Waals surface area (Å²) in [6.07, 6.45) is 1.93. The summed E-state index contributed by atoms with van der Waals surface area (Å²) in [5.74, 6) is 0.551. The number of fused-ring (bicyclic) bond motifs is 1. The molecule has 1 saturated heterocycles. The molecule has 21 heavy (non-hydrogen) atoms. The van der Waals surface area contributed by atoms with Gasteiger partial charge in [-0.2, -0.15) is 0 Å². The van der Waals surface area contributed by atoms with Gasteiger partial charge in [-0.3, -0.25) is 4.79 Å². The molecule has 3 heteroatoms. The Kier molecular flexibility index (Phi) is 3.93. The van der Waals surface area contributed by atoms with E-state index in [9.17, 15) is 4.79 Å². The summed E-state index contributed by atoms with van der Waals surface area (Å²) in [6.45, 7) is 3.69. The molecule has 2 N–H and O–H groups in total. The van der Waals surface area contributed by atoms with Crippen LogP contribution in [0.3, 0.4) is 0 Å². The molecule has 2 atom stereocenters. The van der Waals surface area contributed by atoms with E-state index in [1.54, 1.807) is 0 Å². The van der Waals surface area contributed by atoms with Crippen molar-refractivity contribution < 1.29 is 4.79 Å². The van der Waals surface area contributed by atoms with E-state index in [4.69, 9.17) is 5.73 Å². The van der Waals surface area contributed by atoms with Gasteiger partial charge < -0.3 is 10.6 Å². The molecule has 2 unspecified atom stereocenters. The Hall–Kier alpha value is -1.87. The minimum Gasteiger partial charge on any atom is -0.338 e. The highest BCUT2D eigenvalue weighted by molar-refractivity contribution is 6.07. The highest BCUT2D eigenvalue weighted by Crippen LogP contribution is 2.24. The minimum absolute atomic E-state index is 0.136. The van der Waals surface area contributed by atoms with Gasteiger partial charge in [0.05, 0.1) is 0 Å². The Morgan fingerprint density at radius 2 is 2.00 bits per heavy atom. The number of hydrogen-bond donors (Lipinski definition) is 1. The molecular formula is C18H22N2O. The maximum absolute atomic E-state index is 12.9. The summed E-state index contributed by atoms with van der Waals surface area (Å²) < 4.78 is 0. The van der Waals surface area contributed by atoms with Crippen molar-refractivity contribution in [3.63, 3.8) is 0 Å². The van der Waals surface area contributed by atoms with Gasteiger partial charge in [-0.05, 0) is 29.2 Å². The first-order valence-corrected chi connectivity index (χ1v) is 7.73. The van der Waals surface area contributed by atoms with Crippen LogP contribution in [0.4, 0.5) is 0 Å². The smallest absolute Gasteiger partial charge is 0.254 e. The third kappa shape index (κ3) is 2.66. The SMILES string of the molecule is CCC1CN(C(=O)c2cccc3ccccc23)CCC1N. The van der Waals surface area contributed by atoms with Crippen molar-refractivity contribution in [2.24, 2.45) is 11.7 Å². The average molecular weight is 282 g/mol. The highest BCUT2D eigenvalue weighted by Gasteiger charge is 2.29. The zero-order valence-electron chi connectivity index (χ0n) is 12.5. The Labute approximate surface area is 125 Å². The monoisotopic (exact) mass is 282 g/mol. The standard InChI is InChI=1S/C18H22N2O/c1-2-13-12-20(11-10-17(13)19)18(21)16-9-5-7-14-6-3-4-8-15(14)16/h3-9,13,17H,2,10-12,19H2,1H3. The lowest BCUT2D eigenvalue weighted by molar-refractivity contribution is 0.0651. The first-order chi connectivity index (χ1) is 10.2. The predicted octanol–water partition coefficient (Wildman–Crippen LogP) is 3.04. The molecule has 1 aliphatic rings. The zero-order chi connectivity index (χ0) is 14.8. The van der Waals surface area contributed by atoms with Crippen molar-refractivity contribution in [3.05, 3.63) is 48.0 Å². The summed E-state index contributed by atoms with van der Waals surface area (Å²) in [5, 5.41) is 2.15. The number of piperidine rings is 1. The third-order valence-electron chi connectivity index (χ3n) is 4.62. The molecule has 2 aromatic carbocycles. The Morgan fingerprint density at radius 3 is 2.81 bits per heavy atom. The van der Waals surface area contributed by atoms with E-state index in [0.717, 1.165) is 42.3 Å². The van der Waals surface area contributed by atoms with E-state index >= 15 is 0 Å². The average Bonchev–Trinajstić information content (AvgIpc) is 2.54. The summed E-state index contributed by atoms with van der Waals surface area (Å²) >= 11 is 0. The van der Waals surface area contributed by atoms with E-state index < -0.39 is 0 Å². The minimum atomic E-state index is 0.136. The number of benzene rings is 2. The number of carbonyl (C=O) groups excluding carboxylic acids is 1. The largest absolute Gasteiger partial charge is 0.338 e. The molecule has 1 fully saturated rings. The summed E-state index contributed by atoms with van der Waals surface area (Å²) in [7, 11) is 0. The molecule has 1 aliphatic heterocycles. The molecule has 3 rings (SSSR count). The summed E-state index contributed by atoms with van der Waals surface area (Å²) in [6, 6.07) is 14.2. The molecule has 3 nitrogen and oxygen atoms in total. The molecule has 1 amide bonds. The van der Waals surface area contributed by atoms with E-state index in [1.807, 2.05) is 47.4 Å². The number of likely N-dealkylation sites (tertiary alicyclic amines) is 1. The number of rotatable bonds is 2. The van der Waals surface area contributed by atoms with Crippen LogP contribution in [-0.4, -0.2) is 29.9 Å². The molecule has 0 saturated carbocycles. The van der Waals surface area contributed by atoms with Gasteiger partial charge in [0, 0.05) is 24.7 Å². The van der Waals surface area contributed by atoms with Gasteiger partial charge >= 0.3 is 0 Å². The molecule has 1 heterocycles. The number of amides is 1. The van der Waals surface area contributed by atoms with Gasteiger partial charge in [0.1, 0.15) is 0 Å². The summed E-state index contributed by atoms with van der Waals surface area (Å²) in [5.41, 5.74) is 6.95. The topological polar surface area (TPSA) is 46.3 Å². The van der Waals surface area contributed by atoms with Crippen LogP contribution in [0.15, 0.2) is 42.5 Å². The molecule has 0 radical (unpaired) electrons. The van der Waals surface area contributed by atoms with Crippen molar-refractivity contribution in [1.29, 1.82) is 0 Å². The molecule has 0 aliphatic carbocycles. The zero-order valence-corrected chi connectivity index (χ0v) is 12.5. The maximum Gasteiger partial charge on any atom is 0.254 e. The fourth-order valence-electron chi connectivity index (χ4n) is 3.25. The lowest BCUT2D eigenvalue weighted by Gasteiger charge is -2.36. The molecule has 0 bridgehead atoms. The van der Waals surface area contributed by atoms with Gasteiger partial charge in [0.25, 0.3) is 5.91 Å². The van der Waals surface area contributed by atoms with Crippen LogP contribution in [0.25, 0.3) is 10.8 Å². The van der Waals surface area contributed by atoms with Crippen molar-refractivity contribution in [3.8, 4) is 0 Å². The predicted molar refractivity (Wildman–Crippen MR) is 86.2 cm³/mol. The molecule has 0 spiro atoms. The second-order valence-corrected chi connectivity index (χ2v) is 5.90. The summed E-state index contributed by atoms with van der Waals surface area (Å²) in [4.78, 5) is 14.8. The van der Waals surface area contributed by atoms with Crippen LogP contribution in [0, 0.1) is 5.92 Å². The number of carbonyl (C=O) groups is 1. The number of nitrogens with two attached hydrogens (primary N) is 1. The lowest BCUT2D eigenvalue weighted by atomic mass is 9.90. The van der Waals surface area contributed by atoms with E-state index in [2.05, 4.69) is 6.92 Å². The van der Waals surface area contributed by atoms with Crippen LogP contribution in [0.5, 0.6) is 0 Å². The normalized spacial score (nSPS) is 22.5. The van der Waals surface area contributed by atoms with Crippen LogP contribution in [-0.2, 0) is 0 Å². The fraction of sp³-hybridized carbons (Fsp3) is 0.389. The molecule has 2 aromatic rings. The van der Waals surface area contributed by atoms with Crippen molar-refractivity contribution in [1.82, 2.24) is 4.90 Å². The second-order valence-electron chi connectivity index (χ2n) is 5.90. The Bertz CT molecular complexity index is 647. The Morgan fingerprint density at radius 1 is 1.24 bits per heavy atom. The third-order valence-corrected chi connectivity index (χ3v) is 4.62.